The van der Waals surface area contributed by atoms with Gasteiger partial charge in [-0.05, 0) is 31.0 Å². The second-order valence-corrected chi connectivity index (χ2v) is 5.33. The van der Waals surface area contributed by atoms with Crippen LogP contribution in [0.15, 0.2) is 24.3 Å². The lowest BCUT2D eigenvalue weighted by Crippen LogP contribution is -2.45. The number of nitrogen functional groups attached to an aromatic ring is 1. The topological polar surface area (TPSA) is 102 Å². The number of anilines is 2. The molecule has 24 heavy (non-hydrogen) atoms. The lowest BCUT2D eigenvalue weighted by molar-refractivity contribution is -0.139. The second kappa shape index (κ2) is 10.4. The molecule has 3 amide bonds. The molecule has 1 aromatic rings. The van der Waals surface area contributed by atoms with Gasteiger partial charge in [0, 0.05) is 32.4 Å². The van der Waals surface area contributed by atoms with Crippen molar-refractivity contribution in [3.63, 3.8) is 0 Å². The summed E-state index contributed by atoms with van der Waals surface area (Å²) in [7, 11) is 0. The summed E-state index contributed by atoms with van der Waals surface area (Å²) < 4.78 is 5.37. The molecular weight excluding hydrogens is 310 g/mol. The van der Waals surface area contributed by atoms with Crippen LogP contribution >= 0.6 is 0 Å². The van der Waals surface area contributed by atoms with Crippen molar-refractivity contribution in [2.45, 2.75) is 33.1 Å². The third-order valence-electron chi connectivity index (χ3n) is 3.23. The van der Waals surface area contributed by atoms with Gasteiger partial charge in [0.25, 0.3) is 0 Å². The highest BCUT2D eigenvalue weighted by atomic mass is 16.5. The number of carbonyl (C=O) groups excluding carboxylic acids is 3. The number of rotatable bonds is 8. The Kier molecular flexibility index (Phi) is 8.49. The zero-order valence-corrected chi connectivity index (χ0v) is 14.2. The molecule has 0 aliphatic rings. The van der Waals surface area contributed by atoms with Crippen LogP contribution in [0.5, 0.6) is 0 Å². The summed E-state index contributed by atoms with van der Waals surface area (Å²) >= 11 is 0. The lowest BCUT2D eigenvalue weighted by Gasteiger charge is -2.19. The van der Waals surface area contributed by atoms with Gasteiger partial charge >= 0.3 is 11.8 Å². The number of ether oxygens (including phenoxy) is 1. The van der Waals surface area contributed by atoms with Gasteiger partial charge in [-0.15, -0.1) is 0 Å². The molecule has 0 saturated carbocycles. The van der Waals surface area contributed by atoms with E-state index in [9.17, 15) is 14.4 Å². The number of nitrogens with one attached hydrogen (secondary N) is 1. The fourth-order valence-electron chi connectivity index (χ4n) is 2.01. The van der Waals surface area contributed by atoms with Crippen molar-refractivity contribution in [2.75, 3.05) is 30.4 Å². The number of hydrogen-bond donors (Lipinski definition) is 2. The summed E-state index contributed by atoms with van der Waals surface area (Å²) in [6, 6.07) is 6.25. The SMILES string of the molecule is CCCCOCCCNC(=O)C(=O)N(C(C)=O)c1cccc(N)c1. The first-order chi connectivity index (χ1) is 11.5. The average Bonchev–Trinajstić information content (AvgIpc) is 2.53. The predicted molar refractivity (Wildman–Crippen MR) is 92.4 cm³/mol. The van der Waals surface area contributed by atoms with Crippen LogP contribution in [-0.2, 0) is 19.1 Å². The van der Waals surface area contributed by atoms with Crippen molar-refractivity contribution >= 4 is 29.1 Å². The van der Waals surface area contributed by atoms with Gasteiger partial charge in [-0.25, -0.2) is 4.90 Å². The summed E-state index contributed by atoms with van der Waals surface area (Å²) in [5, 5.41) is 2.50. The van der Waals surface area contributed by atoms with E-state index in [1.54, 1.807) is 18.2 Å². The minimum atomic E-state index is -0.931. The smallest absolute Gasteiger partial charge is 0.323 e. The molecule has 0 atom stereocenters. The lowest BCUT2D eigenvalue weighted by atomic mass is 10.2. The Bertz CT molecular complexity index is 575. The van der Waals surface area contributed by atoms with Crippen molar-refractivity contribution < 1.29 is 19.1 Å². The maximum absolute atomic E-state index is 12.2. The molecule has 0 saturated heterocycles. The zero-order valence-electron chi connectivity index (χ0n) is 14.2. The van der Waals surface area contributed by atoms with Crippen LogP contribution < -0.4 is 16.0 Å². The summed E-state index contributed by atoms with van der Waals surface area (Å²) in [5.41, 5.74) is 6.33. The highest BCUT2D eigenvalue weighted by Gasteiger charge is 2.26. The van der Waals surface area contributed by atoms with Crippen molar-refractivity contribution in [1.82, 2.24) is 5.32 Å². The fraction of sp³-hybridized carbons (Fsp3) is 0.471. The molecule has 0 aliphatic carbocycles. The second-order valence-electron chi connectivity index (χ2n) is 5.33. The third-order valence-corrected chi connectivity index (χ3v) is 3.23. The summed E-state index contributed by atoms with van der Waals surface area (Å²) in [6.45, 7) is 4.81. The molecule has 1 rings (SSSR count). The standard InChI is InChI=1S/C17H25N3O4/c1-3-4-10-24-11-6-9-19-16(22)17(23)20(13(2)21)15-8-5-7-14(18)12-15/h5,7-8,12H,3-4,6,9-11,18H2,1-2H3,(H,19,22). The molecule has 1 aromatic carbocycles. The Balaban J connectivity index is 2.52. The van der Waals surface area contributed by atoms with Crippen LogP contribution in [0.1, 0.15) is 33.1 Å². The van der Waals surface area contributed by atoms with Crippen molar-refractivity contribution in [1.29, 1.82) is 0 Å². The number of unbranched alkanes of at least 4 members (excludes halogenated alkanes) is 1. The van der Waals surface area contributed by atoms with Crippen LogP contribution in [-0.4, -0.2) is 37.5 Å². The zero-order chi connectivity index (χ0) is 17.9. The molecule has 7 nitrogen and oxygen atoms in total. The van der Waals surface area contributed by atoms with E-state index in [2.05, 4.69) is 12.2 Å². The molecule has 7 heteroatoms. The van der Waals surface area contributed by atoms with Gasteiger partial charge in [0.15, 0.2) is 0 Å². The Morgan fingerprint density at radius 3 is 2.54 bits per heavy atom. The molecule has 0 heterocycles. The first-order valence-electron chi connectivity index (χ1n) is 8.03. The van der Waals surface area contributed by atoms with Crippen LogP contribution in [0.3, 0.4) is 0 Å². The molecular formula is C17H25N3O4. The highest BCUT2D eigenvalue weighted by Crippen LogP contribution is 2.18. The largest absolute Gasteiger partial charge is 0.399 e. The maximum Gasteiger partial charge on any atom is 0.323 e. The van der Waals surface area contributed by atoms with Crippen molar-refractivity contribution in [3.8, 4) is 0 Å². The average molecular weight is 335 g/mol. The van der Waals surface area contributed by atoms with E-state index in [1.165, 1.54) is 13.0 Å². The van der Waals surface area contributed by atoms with Gasteiger partial charge in [-0.1, -0.05) is 19.4 Å². The predicted octanol–water partition coefficient (Wildman–Crippen LogP) is 1.47. The molecule has 0 aliphatic heterocycles. The Labute approximate surface area is 142 Å². The van der Waals surface area contributed by atoms with E-state index < -0.39 is 17.7 Å². The van der Waals surface area contributed by atoms with Crippen LogP contribution in [0.4, 0.5) is 11.4 Å². The number of hydrogen-bond acceptors (Lipinski definition) is 5. The molecule has 3 N–H and O–H groups in total. The normalized spacial score (nSPS) is 10.2. The number of amides is 3. The molecule has 0 radical (unpaired) electrons. The van der Waals surface area contributed by atoms with Crippen LogP contribution in [0.2, 0.25) is 0 Å². The van der Waals surface area contributed by atoms with Gasteiger partial charge < -0.3 is 15.8 Å². The molecule has 0 spiro atoms. The third kappa shape index (κ3) is 6.37. The van der Waals surface area contributed by atoms with Gasteiger partial charge in [0.1, 0.15) is 0 Å². The Hall–Kier alpha value is -2.41. The number of nitrogens with zero attached hydrogens (tertiary/aromatic N) is 1. The minimum absolute atomic E-state index is 0.269. The number of nitrogens with two attached hydrogens (primary N) is 1. The van der Waals surface area contributed by atoms with Crippen LogP contribution in [0.25, 0.3) is 0 Å². The molecule has 132 valence electrons. The summed E-state index contributed by atoms with van der Waals surface area (Å²) in [5.74, 6) is -2.31. The first kappa shape index (κ1) is 19.6. The number of carbonyl (C=O) groups is 3. The van der Waals surface area contributed by atoms with Crippen molar-refractivity contribution in [3.05, 3.63) is 24.3 Å². The first-order valence-corrected chi connectivity index (χ1v) is 8.03. The molecule has 0 fully saturated rings. The van der Waals surface area contributed by atoms with E-state index >= 15 is 0 Å². The summed E-state index contributed by atoms with van der Waals surface area (Å²) in [6.07, 6.45) is 2.66. The molecule has 0 bridgehead atoms. The van der Waals surface area contributed by atoms with Gasteiger partial charge in [-0.3, -0.25) is 14.4 Å². The van der Waals surface area contributed by atoms with E-state index in [0.717, 1.165) is 17.7 Å². The number of imide groups is 1. The minimum Gasteiger partial charge on any atom is -0.399 e. The number of benzene rings is 1. The quantitative estimate of drug-likeness (QED) is 0.425. The fourth-order valence-corrected chi connectivity index (χ4v) is 2.01. The monoisotopic (exact) mass is 335 g/mol. The van der Waals surface area contributed by atoms with E-state index in [4.69, 9.17) is 10.5 Å². The summed E-state index contributed by atoms with van der Waals surface area (Å²) in [4.78, 5) is 36.7. The van der Waals surface area contributed by atoms with E-state index in [0.29, 0.717) is 31.9 Å². The molecule has 0 unspecified atom stereocenters. The Morgan fingerprint density at radius 1 is 1.21 bits per heavy atom. The van der Waals surface area contributed by atoms with E-state index in [1.807, 2.05) is 0 Å². The Morgan fingerprint density at radius 2 is 1.92 bits per heavy atom. The van der Waals surface area contributed by atoms with Crippen molar-refractivity contribution in [2.24, 2.45) is 0 Å². The van der Waals surface area contributed by atoms with Gasteiger partial charge in [0.2, 0.25) is 5.91 Å². The van der Waals surface area contributed by atoms with Gasteiger partial charge in [-0.2, -0.15) is 0 Å². The van der Waals surface area contributed by atoms with E-state index in [-0.39, 0.29) is 5.69 Å². The van der Waals surface area contributed by atoms with Crippen LogP contribution in [0, 0.1) is 0 Å². The highest BCUT2D eigenvalue weighted by molar-refractivity contribution is 6.45. The van der Waals surface area contributed by atoms with Gasteiger partial charge in [0.05, 0.1) is 5.69 Å². The maximum atomic E-state index is 12.2. The molecule has 0 aromatic heterocycles.